The normalized spacial score (nSPS) is 14.8. The Morgan fingerprint density at radius 1 is 1.02 bits per heavy atom. The first-order valence-electron chi connectivity index (χ1n) is 13.6. The first-order chi connectivity index (χ1) is 20.8. The predicted octanol–water partition coefficient (Wildman–Crippen LogP) is 4.39. The summed E-state index contributed by atoms with van der Waals surface area (Å²) in [5, 5.41) is 18.0. The molecule has 0 radical (unpaired) electrons. The number of nitrogens with zero attached hydrogens (tertiary/aromatic N) is 4. The maximum atomic E-state index is 14.2. The molecule has 0 saturated heterocycles. The Labute approximate surface area is 251 Å². The van der Waals surface area contributed by atoms with E-state index in [4.69, 9.17) is 14.8 Å². The first-order valence-corrected chi connectivity index (χ1v) is 14.5. The molecule has 9 nitrogen and oxygen atoms in total. The van der Waals surface area contributed by atoms with Gasteiger partial charge in [-0.15, -0.1) is 0 Å². The van der Waals surface area contributed by atoms with Gasteiger partial charge in [-0.25, -0.2) is 9.67 Å². The lowest BCUT2D eigenvalue weighted by Gasteiger charge is -2.25. The van der Waals surface area contributed by atoms with Crippen LogP contribution in [-0.4, -0.2) is 32.5 Å². The fraction of sp³-hybridized carbons (Fsp3) is 0.152. The maximum absolute atomic E-state index is 14.2. The van der Waals surface area contributed by atoms with Gasteiger partial charge in [-0.2, -0.15) is 5.10 Å². The number of carbonyl (C=O) groups excluding carboxylic acids is 1. The molecule has 1 unspecified atom stereocenters. The van der Waals surface area contributed by atoms with Crippen molar-refractivity contribution in [3.8, 4) is 17.2 Å². The number of anilines is 1. The number of allylic oxidation sites excluding steroid dienone is 1. The summed E-state index contributed by atoms with van der Waals surface area (Å²) in [7, 11) is 1.45. The van der Waals surface area contributed by atoms with Crippen LogP contribution in [-0.2, 0) is 4.79 Å². The average molecular weight is 592 g/mol. The molecule has 1 amide bonds. The first kappa shape index (κ1) is 27.9. The number of hydrogen-bond acceptors (Lipinski definition) is 7. The highest BCUT2D eigenvalue weighted by atomic mass is 32.1. The third kappa shape index (κ3) is 5.06. The van der Waals surface area contributed by atoms with E-state index in [0.717, 1.165) is 22.6 Å². The third-order valence-electron chi connectivity index (χ3n) is 7.44. The molecule has 1 aliphatic rings. The van der Waals surface area contributed by atoms with Gasteiger partial charge < -0.3 is 15.2 Å². The van der Waals surface area contributed by atoms with E-state index in [1.54, 1.807) is 35.8 Å². The van der Waals surface area contributed by atoms with E-state index in [9.17, 15) is 14.7 Å². The molecule has 43 heavy (non-hydrogen) atoms. The van der Waals surface area contributed by atoms with Crippen LogP contribution in [0.5, 0.6) is 11.5 Å². The van der Waals surface area contributed by atoms with Gasteiger partial charge in [0.05, 0.1) is 40.3 Å². The molecule has 2 N–H and O–H groups in total. The Kier molecular flexibility index (Phi) is 7.29. The van der Waals surface area contributed by atoms with E-state index in [-0.39, 0.29) is 23.0 Å². The van der Waals surface area contributed by atoms with E-state index < -0.39 is 6.04 Å². The highest BCUT2D eigenvalue weighted by Crippen LogP contribution is 2.35. The Bertz CT molecular complexity index is 2080. The zero-order valence-corrected chi connectivity index (χ0v) is 24.8. The van der Waals surface area contributed by atoms with Crippen LogP contribution in [0.4, 0.5) is 5.69 Å². The van der Waals surface area contributed by atoms with Crippen molar-refractivity contribution >= 4 is 29.0 Å². The Balaban J connectivity index is 1.52. The van der Waals surface area contributed by atoms with Crippen LogP contribution in [0.25, 0.3) is 11.8 Å². The minimum Gasteiger partial charge on any atom is -0.504 e. The second-order valence-electron chi connectivity index (χ2n) is 10.2. The number of aromatic hydroxyl groups is 1. The van der Waals surface area contributed by atoms with Crippen molar-refractivity contribution in [3.63, 3.8) is 0 Å². The van der Waals surface area contributed by atoms with Crippen LogP contribution >= 0.6 is 11.3 Å². The lowest BCUT2D eigenvalue weighted by Crippen LogP contribution is -2.40. The number of amides is 1. The summed E-state index contributed by atoms with van der Waals surface area (Å²) in [5.41, 5.74) is 5.18. The number of hydrogen-bond donors (Lipinski definition) is 2. The standard InChI is InChI=1S/C33H29N5O4S/c1-19-25(21(3)38(36-19)24-13-9-6-10-14-24)18-28-32(41)37-30(22-15-16-26(39)27(17-22)42-4)29(20(2)34-33(37)43-28)31(40)35-23-11-7-5-8-12-23/h5-18,30,39H,1-4H3,(H,35,40)/b28-18+. The van der Waals surface area contributed by atoms with Gasteiger partial charge >= 0.3 is 0 Å². The van der Waals surface area contributed by atoms with Crippen molar-refractivity contribution in [2.75, 3.05) is 12.4 Å². The Morgan fingerprint density at radius 3 is 2.42 bits per heavy atom. The molecule has 0 aliphatic carbocycles. The fourth-order valence-corrected chi connectivity index (χ4v) is 6.36. The summed E-state index contributed by atoms with van der Waals surface area (Å²) in [5.74, 6) is -0.192. The van der Waals surface area contributed by atoms with Gasteiger partial charge in [-0.05, 0) is 68.8 Å². The van der Waals surface area contributed by atoms with E-state index in [2.05, 4.69) is 5.32 Å². The van der Waals surface area contributed by atoms with Crippen LogP contribution in [0.1, 0.15) is 35.5 Å². The number of ether oxygens (including phenoxy) is 1. The SMILES string of the molecule is COc1cc(C2C(C(=O)Nc3ccccc3)=C(C)N=c3s/c(=C/c4c(C)nn(-c5ccccc5)c4C)c(=O)n32)ccc1O. The predicted molar refractivity (Wildman–Crippen MR) is 167 cm³/mol. The topological polar surface area (TPSA) is 111 Å². The lowest BCUT2D eigenvalue weighted by atomic mass is 9.94. The summed E-state index contributed by atoms with van der Waals surface area (Å²) in [4.78, 5) is 33.2. The number of carbonyl (C=O) groups is 1. The van der Waals surface area contributed by atoms with Crippen LogP contribution in [0.15, 0.2) is 99.9 Å². The van der Waals surface area contributed by atoms with Crippen molar-refractivity contribution in [2.24, 2.45) is 4.99 Å². The fourth-order valence-electron chi connectivity index (χ4n) is 5.33. The molecule has 0 bridgehead atoms. The number of nitrogens with one attached hydrogen (secondary N) is 1. The molecular formula is C33H29N5O4S. The van der Waals surface area contributed by atoms with Crippen molar-refractivity contribution in [3.05, 3.63) is 132 Å². The van der Waals surface area contributed by atoms with Gasteiger partial charge in [-0.1, -0.05) is 53.8 Å². The third-order valence-corrected chi connectivity index (χ3v) is 8.42. The van der Waals surface area contributed by atoms with E-state index in [0.29, 0.717) is 31.9 Å². The number of aryl methyl sites for hydroxylation is 1. The highest BCUT2D eigenvalue weighted by Gasteiger charge is 2.33. The van der Waals surface area contributed by atoms with E-state index >= 15 is 0 Å². The number of para-hydroxylation sites is 2. The lowest BCUT2D eigenvalue weighted by molar-refractivity contribution is -0.113. The summed E-state index contributed by atoms with van der Waals surface area (Å²) >= 11 is 1.26. The summed E-state index contributed by atoms with van der Waals surface area (Å²) < 4.78 is 9.24. The largest absolute Gasteiger partial charge is 0.504 e. The molecule has 1 atom stereocenters. The van der Waals surface area contributed by atoms with Crippen molar-refractivity contribution in [1.82, 2.24) is 14.3 Å². The quantitative estimate of drug-likeness (QED) is 0.304. The molecule has 2 aromatic heterocycles. The summed E-state index contributed by atoms with van der Waals surface area (Å²) in [6, 6.07) is 22.9. The van der Waals surface area contributed by atoms with E-state index in [1.807, 2.05) is 73.1 Å². The van der Waals surface area contributed by atoms with Crippen molar-refractivity contribution < 1.29 is 14.6 Å². The second kappa shape index (κ2) is 11.2. The number of benzene rings is 3. The van der Waals surface area contributed by atoms with E-state index in [1.165, 1.54) is 24.5 Å². The summed E-state index contributed by atoms with van der Waals surface area (Å²) in [6.45, 7) is 5.65. The van der Waals surface area contributed by atoms with Gasteiger partial charge in [-0.3, -0.25) is 14.2 Å². The molecule has 0 fully saturated rings. The minimum atomic E-state index is -0.814. The van der Waals surface area contributed by atoms with Gasteiger partial charge in [0.2, 0.25) is 0 Å². The van der Waals surface area contributed by atoms with Gasteiger partial charge in [0.25, 0.3) is 11.5 Å². The number of phenols is 1. The highest BCUT2D eigenvalue weighted by molar-refractivity contribution is 7.07. The molecular weight excluding hydrogens is 562 g/mol. The molecule has 0 saturated carbocycles. The van der Waals surface area contributed by atoms with Crippen LogP contribution in [0.3, 0.4) is 0 Å². The summed E-state index contributed by atoms with van der Waals surface area (Å²) in [6.07, 6.45) is 1.85. The number of methoxy groups -OCH3 is 1. The molecule has 3 aromatic carbocycles. The van der Waals surface area contributed by atoms with Crippen LogP contribution in [0, 0.1) is 13.8 Å². The molecule has 216 valence electrons. The number of fused-ring (bicyclic) bond motifs is 1. The number of rotatable bonds is 6. The zero-order chi connectivity index (χ0) is 30.2. The number of phenolic OH excluding ortho intramolecular Hbond substituents is 1. The Morgan fingerprint density at radius 2 is 1.72 bits per heavy atom. The van der Waals surface area contributed by atoms with Gasteiger partial charge in [0, 0.05) is 16.9 Å². The molecule has 5 aromatic rings. The Hall–Kier alpha value is -5.22. The smallest absolute Gasteiger partial charge is 0.271 e. The number of aromatic nitrogens is 3. The van der Waals surface area contributed by atoms with Gasteiger partial charge in [0.1, 0.15) is 0 Å². The average Bonchev–Trinajstić information content (AvgIpc) is 3.47. The maximum Gasteiger partial charge on any atom is 0.271 e. The van der Waals surface area contributed by atoms with Crippen LogP contribution < -0.4 is 24.9 Å². The van der Waals surface area contributed by atoms with Crippen LogP contribution in [0.2, 0.25) is 0 Å². The van der Waals surface area contributed by atoms with Gasteiger partial charge in [0.15, 0.2) is 16.3 Å². The molecule has 0 spiro atoms. The molecule has 10 heteroatoms. The minimum absolute atomic E-state index is 0.0453. The molecule has 6 rings (SSSR count). The number of thiazole rings is 1. The zero-order valence-electron chi connectivity index (χ0n) is 24.0. The monoisotopic (exact) mass is 591 g/mol. The van der Waals surface area contributed by atoms with Crippen molar-refractivity contribution in [1.29, 1.82) is 0 Å². The molecule has 1 aliphatic heterocycles. The second-order valence-corrected chi connectivity index (χ2v) is 11.2. The molecule has 3 heterocycles. The van der Waals surface area contributed by atoms with Crippen molar-refractivity contribution in [2.45, 2.75) is 26.8 Å².